The monoisotopic (exact) mass is 1150 g/mol. The fourth-order valence-electron chi connectivity index (χ4n) is 10.8. The summed E-state index contributed by atoms with van der Waals surface area (Å²) in [5.41, 5.74) is 0. The molecule has 1 unspecified atom stereocenters. The lowest BCUT2D eigenvalue weighted by atomic mass is 10.0. The van der Waals surface area contributed by atoms with E-state index in [1.54, 1.807) is 0 Å². The van der Waals surface area contributed by atoms with Gasteiger partial charge in [-0.25, -0.2) is 0 Å². The minimum Gasteiger partial charge on any atom is -0.462 e. The first-order valence-corrected chi connectivity index (χ1v) is 36.3. The van der Waals surface area contributed by atoms with Crippen LogP contribution < -0.4 is 0 Å². The van der Waals surface area contributed by atoms with Crippen LogP contribution in [-0.4, -0.2) is 37.2 Å². The maximum Gasteiger partial charge on any atom is 0.306 e. The zero-order valence-electron chi connectivity index (χ0n) is 55.0. The summed E-state index contributed by atoms with van der Waals surface area (Å²) in [6, 6.07) is 0. The van der Waals surface area contributed by atoms with Gasteiger partial charge in [0.25, 0.3) is 0 Å². The van der Waals surface area contributed by atoms with E-state index in [4.69, 9.17) is 14.2 Å². The molecule has 82 heavy (non-hydrogen) atoms. The summed E-state index contributed by atoms with van der Waals surface area (Å²) >= 11 is 0. The van der Waals surface area contributed by atoms with Gasteiger partial charge in [-0.15, -0.1) is 0 Å². The molecule has 6 heteroatoms. The Balaban J connectivity index is 4.30. The average molecular weight is 1150 g/mol. The molecule has 0 aliphatic rings. The quantitative estimate of drug-likeness (QED) is 0.0261. The van der Waals surface area contributed by atoms with Crippen molar-refractivity contribution in [2.75, 3.05) is 13.2 Å². The third kappa shape index (κ3) is 67.9. The van der Waals surface area contributed by atoms with Crippen molar-refractivity contribution in [1.29, 1.82) is 0 Å². The maximum atomic E-state index is 13.0. The third-order valence-electron chi connectivity index (χ3n) is 16.2. The highest BCUT2D eigenvalue weighted by atomic mass is 16.6. The van der Waals surface area contributed by atoms with Crippen LogP contribution in [0.3, 0.4) is 0 Å². The van der Waals surface area contributed by atoms with Crippen molar-refractivity contribution in [3.63, 3.8) is 0 Å². The Labute approximate surface area is 510 Å². The summed E-state index contributed by atoms with van der Waals surface area (Å²) in [6.07, 6.45) is 91.0. The van der Waals surface area contributed by atoms with Crippen molar-refractivity contribution in [2.24, 2.45) is 0 Å². The van der Waals surface area contributed by atoms with Crippen molar-refractivity contribution in [1.82, 2.24) is 0 Å². The molecule has 0 spiro atoms. The molecule has 0 N–H and O–H groups in total. The van der Waals surface area contributed by atoms with E-state index in [0.717, 1.165) is 83.5 Å². The lowest BCUT2D eigenvalue weighted by Gasteiger charge is -2.18. The molecule has 0 aliphatic carbocycles. The molecule has 1 atom stereocenters. The first kappa shape index (κ1) is 79.1. The number of allylic oxidation sites excluding steroid dienone is 10. The molecule has 0 aromatic heterocycles. The topological polar surface area (TPSA) is 78.9 Å². The third-order valence-corrected chi connectivity index (χ3v) is 16.2. The molecule has 0 heterocycles. The second kappa shape index (κ2) is 70.6. The minimum absolute atomic E-state index is 0.0736. The van der Waals surface area contributed by atoms with Crippen molar-refractivity contribution < 1.29 is 28.6 Å². The summed E-state index contributed by atoms with van der Waals surface area (Å²) in [5.74, 6) is -0.856. The normalized spacial score (nSPS) is 12.4. The number of hydrogen-bond donors (Lipinski definition) is 0. The largest absolute Gasteiger partial charge is 0.462 e. The average Bonchev–Trinajstić information content (AvgIpc) is 3.47. The first-order chi connectivity index (χ1) is 40.5. The molecule has 0 aromatic rings. The molecule has 0 saturated carbocycles. The van der Waals surface area contributed by atoms with E-state index < -0.39 is 6.10 Å². The zero-order chi connectivity index (χ0) is 59.2. The first-order valence-electron chi connectivity index (χ1n) is 36.3. The number of esters is 3. The van der Waals surface area contributed by atoms with E-state index in [0.29, 0.717) is 19.3 Å². The van der Waals surface area contributed by atoms with Gasteiger partial charge < -0.3 is 14.2 Å². The van der Waals surface area contributed by atoms with Crippen LogP contribution in [-0.2, 0) is 28.6 Å². The Kier molecular flexibility index (Phi) is 68.1. The minimum atomic E-state index is -0.778. The molecule has 478 valence electrons. The van der Waals surface area contributed by atoms with Crippen molar-refractivity contribution >= 4 is 17.9 Å². The van der Waals surface area contributed by atoms with Gasteiger partial charge in [0.1, 0.15) is 13.2 Å². The van der Waals surface area contributed by atoms with Gasteiger partial charge in [-0.05, 0) is 89.9 Å². The summed E-state index contributed by atoms with van der Waals surface area (Å²) in [4.78, 5) is 38.5. The van der Waals surface area contributed by atoms with Crippen LogP contribution in [0.15, 0.2) is 60.8 Å². The molecule has 0 fully saturated rings. The molecule has 0 aliphatic heterocycles. The second-order valence-electron chi connectivity index (χ2n) is 24.5. The summed E-state index contributed by atoms with van der Waals surface area (Å²) in [5, 5.41) is 0. The summed E-state index contributed by atoms with van der Waals surface area (Å²) in [7, 11) is 0. The maximum absolute atomic E-state index is 13.0. The highest BCUT2D eigenvalue weighted by molar-refractivity contribution is 5.71. The van der Waals surface area contributed by atoms with Crippen molar-refractivity contribution in [3.05, 3.63) is 60.8 Å². The second-order valence-corrected chi connectivity index (χ2v) is 24.5. The van der Waals surface area contributed by atoms with Gasteiger partial charge in [0.05, 0.1) is 0 Å². The Hall–Kier alpha value is -2.89. The van der Waals surface area contributed by atoms with Crippen LogP contribution in [0.5, 0.6) is 0 Å². The molecule has 0 saturated heterocycles. The summed E-state index contributed by atoms with van der Waals surface area (Å²) in [6.45, 7) is 6.66. The van der Waals surface area contributed by atoms with Crippen LogP contribution in [0.4, 0.5) is 0 Å². The predicted octanol–water partition coefficient (Wildman–Crippen LogP) is 25.1. The lowest BCUT2D eigenvalue weighted by Crippen LogP contribution is -2.30. The van der Waals surface area contributed by atoms with Crippen LogP contribution in [0.25, 0.3) is 0 Å². The Bertz CT molecular complexity index is 1460. The molecular formula is C76H138O6. The van der Waals surface area contributed by atoms with Gasteiger partial charge in [0.2, 0.25) is 0 Å². The van der Waals surface area contributed by atoms with Gasteiger partial charge in [-0.3, -0.25) is 14.4 Å². The van der Waals surface area contributed by atoms with Gasteiger partial charge in [-0.1, -0.05) is 338 Å². The van der Waals surface area contributed by atoms with Gasteiger partial charge in [-0.2, -0.15) is 0 Å². The number of hydrogen-bond acceptors (Lipinski definition) is 6. The van der Waals surface area contributed by atoms with Crippen molar-refractivity contribution in [2.45, 2.75) is 393 Å². The SMILES string of the molecule is CCCCC/C=C\C/C=C\CCCCCCCCCC(=O)OCC(COC(=O)CCCCCCCCCCCCCC/C=C\C/C=C\C/C=C\CCCCCCC)OC(=O)CCCCCCCCCCCCCCCCCCCCCC. The van der Waals surface area contributed by atoms with E-state index in [9.17, 15) is 14.4 Å². The number of carbonyl (C=O) groups is 3. The predicted molar refractivity (Wildman–Crippen MR) is 358 cm³/mol. The summed E-state index contributed by atoms with van der Waals surface area (Å²) < 4.78 is 17.0. The molecular weight excluding hydrogens is 1010 g/mol. The standard InChI is InChI=1S/C76H138O6/c1-4-7-10-13-16-19-22-25-28-31-33-35-36-37-38-39-40-41-43-45-48-51-54-57-60-63-66-69-75(78)81-72-73(71-80-74(77)68-65-62-59-56-53-50-47-44-30-27-24-21-18-15-12-9-6-3)82-76(79)70-67-64-61-58-55-52-49-46-42-34-32-29-26-23-20-17-14-11-8-5-2/h18,21-22,25,27,30-31,33,36-37,73H,4-17,19-20,23-24,26,28-29,32,34-35,38-72H2,1-3H3/b21-18-,25-22-,30-27-,33-31-,37-36-. The van der Waals surface area contributed by atoms with Crippen molar-refractivity contribution in [3.8, 4) is 0 Å². The van der Waals surface area contributed by atoms with E-state index in [1.165, 1.54) is 263 Å². The number of ether oxygens (including phenoxy) is 3. The van der Waals surface area contributed by atoms with Crippen LogP contribution in [0.2, 0.25) is 0 Å². The van der Waals surface area contributed by atoms with E-state index in [2.05, 4.69) is 81.5 Å². The molecule has 0 bridgehead atoms. The molecule has 6 nitrogen and oxygen atoms in total. The smallest absolute Gasteiger partial charge is 0.306 e. The van der Waals surface area contributed by atoms with Crippen LogP contribution >= 0.6 is 0 Å². The van der Waals surface area contributed by atoms with E-state index in [1.807, 2.05) is 0 Å². The highest BCUT2D eigenvalue weighted by Gasteiger charge is 2.19. The molecule has 0 amide bonds. The zero-order valence-corrected chi connectivity index (χ0v) is 55.0. The van der Waals surface area contributed by atoms with Gasteiger partial charge in [0.15, 0.2) is 6.10 Å². The fourth-order valence-corrected chi connectivity index (χ4v) is 10.8. The molecule has 0 rings (SSSR count). The molecule has 0 radical (unpaired) electrons. The molecule has 0 aromatic carbocycles. The van der Waals surface area contributed by atoms with E-state index in [-0.39, 0.29) is 31.1 Å². The van der Waals surface area contributed by atoms with Crippen LogP contribution in [0, 0.1) is 0 Å². The lowest BCUT2D eigenvalue weighted by molar-refractivity contribution is -0.167. The van der Waals surface area contributed by atoms with E-state index >= 15 is 0 Å². The number of unbranched alkanes of at least 4 members (excludes halogenated alkanes) is 46. The fraction of sp³-hybridized carbons (Fsp3) is 0.829. The Morgan fingerprint density at radius 1 is 0.244 bits per heavy atom. The van der Waals surface area contributed by atoms with Crippen LogP contribution in [0.1, 0.15) is 387 Å². The van der Waals surface area contributed by atoms with Gasteiger partial charge in [0, 0.05) is 19.3 Å². The number of carbonyl (C=O) groups excluding carboxylic acids is 3. The Morgan fingerprint density at radius 3 is 0.707 bits per heavy atom. The van der Waals surface area contributed by atoms with Gasteiger partial charge >= 0.3 is 17.9 Å². The highest BCUT2D eigenvalue weighted by Crippen LogP contribution is 2.18. The number of rotatable bonds is 67. The Morgan fingerprint density at radius 2 is 0.439 bits per heavy atom.